The van der Waals surface area contributed by atoms with Crippen LogP contribution in [0.5, 0.6) is 0 Å². The fourth-order valence-corrected chi connectivity index (χ4v) is 3.84. The minimum Gasteiger partial charge on any atom is -0.368 e. The second-order valence-electron chi connectivity index (χ2n) is 7.93. The Morgan fingerprint density at radius 3 is 2.85 bits per heavy atom. The van der Waals surface area contributed by atoms with Crippen molar-refractivity contribution in [2.45, 2.75) is 57.7 Å². The third kappa shape index (κ3) is 4.71. The van der Waals surface area contributed by atoms with Gasteiger partial charge in [0.05, 0.1) is 13.2 Å². The zero-order valence-electron chi connectivity index (χ0n) is 15.9. The van der Waals surface area contributed by atoms with Gasteiger partial charge in [0.2, 0.25) is 0 Å². The van der Waals surface area contributed by atoms with E-state index in [-0.39, 0.29) is 6.04 Å². The average molecular weight is 378 g/mol. The molecule has 27 heavy (non-hydrogen) atoms. The van der Waals surface area contributed by atoms with Crippen molar-refractivity contribution in [1.29, 1.82) is 0 Å². The highest BCUT2D eigenvalue weighted by Gasteiger charge is 2.44. The molecule has 0 amide bonds. The minimum absolute atomic E-state index is 0.196. The number of nitrogens with two attached hydrogens (primary N) is 1. The van der Waals surface area contributed by atoms with Gasteiger partial charge in [-0.15, -0.1) is 0 Å². The maximum Gasteiger partial charge on any atom is 0.137 e. The molecule has 7 heteroatoms. The van der Waals surface area contributed by atoms with Gasteiger partial charge in [-0.3, -0.25) is 0 Å². The minimum atomic E-state index is -0.865. The molecule has 1 saturated heterocycles. The number of nitrogens with zero attached hydrogens (tertiary/aromatic N) is 3. The van der Waals surface area contributed by atoms with Gasteiger partial charge in [0, 0.05) is 17.7 Å². The Hall–Kier alpha value is -1.86. The number of rotatable bonds is 8. The van der Waals surface area contributed by atoms with Crippen molar-refractivity contribution < 1.29 is 13.5 Å². The fourth-order valence-electron chi connectivity index (χ4n) is 3.84. The number of hydrogen-bond donors (Lipinski definition) is 1. The molecule has 148 valence electrons. The molecule has 1 aliphatic rings. The molecule has 2 N–H and O–H groups in total. The Morgan fingerprint density at radius 1 is 1.37 bits per heavy atom. The standard InChI is InChI=1S/C20H28F2N4O/c1-14(2)19(23)5-3-4-15-9-20(27-10-15,11-26-13-24-12-25-26)17-7-6-16(21)8-18(17)22/h6-8,12-15,19H,3-5,9-11,23H2,1-2H3/t15-,19?,20+/m1/s1. The monoisotopic (exact) mass is 378 g/mol. The highest BCUT2D eigenvalue weighted by molar-refractivity contribution is 5.26. The van der Waals surface area contributed by atoms with Crippen molar-refractivity contribution >= 4 is 0 Å². The molecule has 0 bridgehead atoms. The van der Waals surface area contributed by atoms with Crippen LogP contribution in [0.4, 0.5) is 8.78 Å². The molecule has 3 rings (SSSR count). The summed E-state index contributed by atoms with van der Waals surface area (Å²) in [6, 6.07) is 3.87. The molecule has 0 radical (unpaired) electrons. The zero-order chi connectivity index (χ0) is 19.4. The lowest BCUT2D eigenvalue weighted by Crippen LogP contribution is -2.32. The number of hydrogen-bond acceptors (Lipinski definition) is 4. The van der Waals surface area contributed by atoms with Gasteiger partial charge in [-0.25, -0.2) is 18.4 Å². The topological polar surface area (TPSA) is 66.0 Å². The van der Waals surface area contributed by atoms with E-state index in [1.54, 1.807) is 11.0 Å². The van der Waals surface area contributed by atoms with Gasteiger partial charge in [-0.1, -0.05) is 26.3 Å². The predicted octanol–water partition coefficient (Wildman–Crippen LogP) is 3.64. The van der Waals surface area contributed by atoms with Crippen molar-refractivity contribution in [2.24, 2.45) is 17.6 Å². The Labute approximate surface area is 158 Å². The van der Waals surface area contributed by atoms with Crippen LogP contribution < -0.4 is 5.73 Å². The number of ether oxygens (including phenoxy) is 1. The van der Waals surface area contributed by atoms with Crippen molar-refractivity contribution in [2.75, 3.05) is 6.61 Å². The van der Waals surface area contributed by atoms with Crippen LogP contribution >= 0.6 is 0 Å². The van der Waals surface area contributed by atoms with Crippen LogP contribution in [0.1, 0.15) is 45.1 Å². The molecular formula is C20H28F2N4O. The summed E-state index contributed by atoms with van der Waals surface area (Å²) in [7, 11) is 0. The van der Waals surface area contributed by atoms with Crippen molar-refractivity contribution in [3.63, 3.8) is 0 Å². The Bertz CT molecular complexity index is 738. The molecule has 1 aromatic carbocycles. The lowest BCUT2D eigenvalue weighted by molar-refractivity contribution is -0.0204. The Morgan fingerprint density at radius 2 is 2.19 bits per heavy atom. The van der Waals surface area contributed by atoms with Crippen LogP contribution in [0.3, 0.4) is 0 Å². The third-order valence-corrected chi connectivity index (χ3v) is 5.53. The number of aromatic nitrogens is 3. The Balaban J connectivity index is 1.74. The molecule has 1 fully saturated rings. The van der Waals surface area contributed by atoms with E-state index >= 15 is 0 Å². The number of halogens is 2. The van der Waals surface area contributed by atoms with Crippen LogP contribution in [0, 0.1) is 23.5 Å². The molecule has 1 unspecified atom stereocenters. The van der Waals surface area contributed by atoms with E-state index < -0.39 is 17.2 Å². The molecular weight excluding hydrogens is 350 g/mol. The van der Waals surface area contributed by atoms with Gasteiger partial charge < -0.3 is 10.5 Å². The molecule has 3 atom stereocenters. The van der Waals surface area contributed by atoms with Crippen molar-refractivity contribution in [3.05, 3.63) is 48.1 Å². The highest BCUT2D eigenvalue weighted by Crippen LogP contribution is 2.43. The first-order valence-electron chi connectivity index (χ1n) is 9.57. The molecule has 1 aromatic heterocycles. The van der Waals surface area contributed by atoms with E-state index in [1.165, 1.54) is 18.5 Å². The van der Waals surface area contributed by atoms with Gasteiger partial charge in [0.15, 0.2) is 0 Å². The summed E-state index contributed by atoms with van der Waals surface area (Å²) in [5.41, 5.74) is 5.65. The highest BCUT2D eigenvalue weighted by atomic mass is 19.1. The van der Waals surface area contributed by atoms with E-state index in [1.807, 2.05) is 0 Å². The van der Waals surface area contributed by atoms with E-state index in [0.29, 0.717) is 37.0 Å². The van der Waals surface area contributed by atoms with Gasteiger partial charge in [0.25, 0.3) is 0 Å². The summed E-state index contributed by atoms with van der Waals surface area (Å²) in [6.45, 7) is 5.15. The van der Waals surface area contributed by atoms with Crippen LogP contribution in [-0.2, 0) is 16.9 Å². The molecule has 0 spiro atoms. The zero-order valence-corrected chi connectivity index (χ0v) is 15.9. The smallest absolute Gasteiger partial charge is 0.137 e. The summed E-state index contributed by atoms with van der Waals surface area (Å²) in [4.78, 5) is 3.96. The van der Waals surface area contributed by atoms with Crippen LogP contribution in [0.15, 0.2) is 30.9 Å². The van der Waals surface area contributed by atoms with Gasteiger partial charge >= 0.3 is 0 Å². The van der Waals surface area contributed by atoms with Crippen LogP contribution in [0.25, 0.3) is 0 Å². The van der Waals surface area contributed by atoms with Crippen LogP contribution in [-0.4, -0.2) is 27.4 Å². The molecule has 2 aromatic rings. The van der Waals surface area contributed by atoms with E-state index in [2.05, 4.69) is 23.9 Å². The third-order valence-electron chi connectivity index (χ3n) is 5.53. The second-order valence-corrected chi connectivity index (χ2v) is 7.93. The fraction of sp³-hybridized carbons (Fsp3) is 0.600. The first-order valence-corrected chi connectivity index (χ1v) is 9.57. The SMILES string of the molecule is CC(C)C(N)CCC[C@H]1CO[C@@](Cn2cncn2)(c2ccc(F)cc2F)C1. The molecule has 2 heterocycles. The van der Waals surface area contributed by atoms with Crippen molar-refractivity contribution in [3.8, 4) is 0 Å². The quantitative estimate of drug-likeness (QED) is 0.762. The largest absolute Gasteiger partial charge is 0.368 e. The van der Waals surface area contributed by atoms with E-state index in [0.717, 1.165) is 25.3 Å². The summed E-state index contributed by atoms with van der Waals surface area (Å²) in [5.74, 6) is -0.413. The number of benzene rings is 1. The predicted molar refractivity (Wildman–Crippen MR) is 98.8 cm³/mol. The van der Waals surface area contributed by atoms with Crippen LogP contribution in [0.2, 0.25) is 0 Å². The normalized spacial score (nSPS) is 23.9. The van der Waals surface area contributed by atoms with Gasteiger partial charge in [-0.2, -0.15) is 5.10 Å². The molecule has 1 aliphatic heterocycles. The first-order chi connectivity index (χ1) is 12.9. The van der Waals surface area contributed by atoms with Gasteiger partial charge in [-0.05, 0) is 37.2 Å². The molecule has 5 nitrogen and oxygen atoms in total. The maximum absolute atomic E-state index is 14.6. The average Bonchev–Trinajstić information content (AvgIpc) is 3.25. The summed E-state index contributed by atoms with van der Waals surface area (Å²) >= 11 is 0. The summed E-state index contributed by atoms with van der Waals surface area (Å²) < 4.78 is 35.8. The molecule has 0 saturated carbocycles. The Kier molecular flexibility index (Phi) is 6.22. The van der Waals surface area contributed by atoms with Crippen molar-refractivity contribution in [1.82, 2.24) is 14.8 Å². The van der Waals surface area contributed by atoms with E-state index in [4.69, 9.17) is 10.5 Å². The van der Waals surface area contributed by atoms with E-state index in [9.17, 15) is 8.78 Å². The second kappa shape index (κ2) is 8.44. The molecule has 0 aliphatic carbocycles. The van der Waals surface area contributed by atoms with Gasteiger partial charge in [0.1, 0.15) is 29.9 Å². The maximum atomic E-state index is 14.6. The lowest BCUT2D eigenvalue weighted by atomic mass is 9.84. The summed E-state index contributed by atoms with van der Waals surface area (Å²) in [5, 5.41) is 4.14. The first kappa shape index (κ1) is 19.9. The lowest BCUT2D eigenvalue weighted by Gasteiger charge is -2.29. The summed E-state index contributed by atoms with van der Waals surface area (Å²) in [6.07, 6.45) is 6.64.